The number of rotatable bonds is 9. The van der Waals surface area contributed by atoms with Crippen molar-refractivity contribution >= 4 is 0 Å². The lowest BCUT2D eigenvalue weighted by Gasteiger charge is -2.14. The van der Waals surface area contributed by atoms with Crippen LogP contribution in [0.4, 0.5) is 0 Å². The van der Waals surface area contributed by atoms with Gasteiger partial charge in [0.05, 0.1) is 25.4 Å². The molecule has 2 atom stereocenters. The SMILES string of the molecule is OC(CNCCc1ncon1)COCC1CCCO1. The van der Waals surface area contributed by atoms with Crippen molar-refractivity contribution in [1.29, 1.82) is 0 Å². The van der Waals surface area contributed by atoms with Crippen LogP contribution in [0.25, 0.3) is 0 Å². The molecule has 1 aromatic rings. The number of aliphatic hydroxyl groups excluding tert-OH is 1. The maximum absolute atomic E-state index is 9.70. The van der Waals surface area contributed by atoms with Gasteiger partial charge in [-0.1, -0.05) is 5.16 Å². The van der Waals surface area contributed by atoms with E-state index < -0.39 is 6.10 Å². The normalized spacial score (nSPS) is 20.8. The smallest absolute Gasteiger partial charge is 0.213 e. The molecule has 0 bridgehead atoms. The molecule has 2 heterocycles. The molecule has 0 aromatic carbocycles. The van der Waals surface area contributed by atoms with Gasteiger partial charge in [-0.05, 0) is 12.8 Å². The fourth-order valence-corrected chi connectivity index (χ4v) is 1.94. The summed E-state index contributed by atoms with van der Waals surface area (Å²) in [6.45, 7) is 2.91. The van der Waals surface area contributed by atoms with Crippen LogP contribution in [0.1, 0.15) is 18.7 Å². The van der Waals surface area contributed by atoms with Crippen molar-refractivity contribution in [2.45, 2.75) is 31.5 Å². The summed E-state index contributed by atoms with van der Waals surface area (Å²) >= 11 is 0. The minimum absolute atomic E-state index is 0.207. The number of nitrogens with one attached hydrogen (secondary N) is 1. The molecule has 2 N–H and O–H groups in total. The first-order valence-electron chi connectivity index (χ1n) is 6.68. The zero-order valence-electron chi connectivity index (χ0n) is 11.0. The number of ether oxygens (including phenoxy) is 2. The molecular weight excluding hydrogens is 250 g/mol. The predicted octanol–water partition coefficient (Wildman–Crippen LogP) is -0.242. The Bertz CT molecular complexity index is 328. The minimum atomic E-state index is -0.508. The van der Waals surface area contributed by atoms with Crippen LogP contribution >= 0.6 is 0 Å². The maximum Gasteiger partial charge on any atom is 0.213 e. The van der Waals surface area contributed by atoms with E-state index in [1.54, 1.807) is 0 Å². The molecule has 7 nitrogen and oxygen atoms in total. The molecule has 2 unspecified atom stereocenters. The first-order chi connectivity index (χ1) is 9.34. The predicted molar refractivity (Wildman–Crippen MR) is 66.7 cm³/mol. The highest BCUT2D eigenvalue weighted by Gasteiger charge is 2.16. The topological polar surface area (TPSA) is 89.6 Å². The van der Waals surface area contributed by atoms with Crippen molar-refractivity contribution in [1.82, 2.24) is 15.5 Å². The zero-order chi connectivity index (χ0) is 13.3. The standard InChI is InChI=1S/C12H21N3O4/c16-10(7-17-8-11-2-1-5-18-11)6-13-4-3-12-14-9-19-15-12/h9-11,13,16H,1-8H2. The summed E-state index contributed by atoms with van der Waals surface area (Å²) in [5.41, 5.74) is 0. The molecule has 0 amide bonds. The highest BCUT2D eigenvalue weighted by molar-refractivity contribution is 4.78. The highest BCUT2D eigenvalue weighted by atomic mass is 16.5. The zero-order valence-corrected chi connectivity index (χ0v) is 11.0. The first-order valence-corrected chi connectivity index (χ1v) is 6.68. The molecule has 1 saturated heterocycles. The lowest BCUT2D eigenvalue weighted by Crippen LogP contribution is -2.32. The largest absolute Gasteiger partial charge is 0.389 e. The van der Waals surface area contributed by atoms with Crippen molar-refractivity contribution in [3.63, 3.8) is 0 Å². The van der Waals surface area contributed by atoms with Crippen LogP contribution in [0, 0.1) is 0 Å². The van der Waals surface area contributed by atoms with Gasteiger partial charge in [-0.3, -0.25) is 0 Å². The van der Waals surface area contributed by atoms with Crippen LogP contribution in [0.2, 0.25) is 0 Å². The Hall–Kier alpha value is -1.02. The summed E-state index contributed by atoms with van der Waals surface area (Å²) in [6.07, 6.45) is 3.85. The summed E-state index contributed by atoms with van der Waals surface area (Å²) in [7, 11) is 0. The lowest BCUT2D eigenvalue weighted by molar-refractivity contribution is -0.0163. The van der Waals surface area contributed by atoms with Gasteiger partial charge in [0.25, 0.3) is 0 Å². The van der Waals surface area contributed by atoms with Gasteiger partial charge in [0.15, 0.2) is 5.82 Å². The maximum atomic E-state index is 9.70. The van der Waals surface area contributed by atoms with Gasteiger partial charge in [0.1, 0.15) is 0 Å². The van der Waals surface area contributed by atoms with Crippen LogP contribution in [-0.2, 0) is 15.9 Å². The van der Waals surface area contributed by atoms with Gasteiger partial charge in [-0.15, -0.1) is 0 Å². The van der Waals surface area contributed by atoms with Crippen LogP contribution < -0.4 is 5.32 Å². The molecule has 0 saturated carbocycles. The van der Waals surface area contributed by atoms with Crippen LogP contribution in [0.15, 0.2) is 10.9 Å². The molecule has 1 aliphatic heterocycles. The minimum Gasteiger partial charge on any atom is -0.389 e. The summed E-state index contributed by atoms with van der Waals surface area (Å²) in [5.74, 6) is 0.664. The van der Waals surface area contributed by atoms with Gasteiger partial charge >= 0.3 is 0 Å². The Morgan fingerprint density at radius 1 is 1.58 bits per heavy atom. The van der Waals surface area contributed by atoms with Gasteiger partial charge in [-0.25, -0.2) is 0 Å². The average Bonchev–Trinajstić information content (AvgIpc) is 3.07. The molecule has 1 aromatic heterocycles. The van der Waals surface area contributed by atoms with E-state index in [2.05, 4.69) is 20.0 Å². The van der Waals surface area contributed by atoms with E-state index in [0.29, 0.717) is 38.5 Å². The molecule has 0 radical (unpaired) electrons. The van der Waals surface area contributed by atoms with Crippen molar-refractivity contribution in [2.24, 2.45) is 0 Å². The molecule has 1 fully saturated rings. The summed E-state index contributed by atoms with van der Waals surface area (Å²) < 4.78 is 15.5. The summed E-state index contributed by atoms with van der Waals surface area (Å²) in [4.78, 5) is 3.91. The second kappa shape index (κ2) is 8.21. The third kappa shape index (κ3) is 5.65. The Labute approximate surface area is 112 Å². The van der Waals surface area contributed by atoms with E-state index in [4.69, 9.17) is 9.47 Å². The molecule has 0 aliphatic carbocycles. The van der Waals surface area contributed by atoms with Crippen molar-refractivity contribution in [3.8, 4) is 0 Å². The molecule has 0 spiro atoms. The van der Waals surface area contributed by atoms with E-state index in [9.17, 15) is 5.11 Å². The van der Waals surface area contributed by atoms with Gasteiger partial charge in [0.2, 0.25) is 6.39 Å². The number of hydrogen-bond acceptors (Lipinski definition) is 7. The Kier molecular flexibility index (Phi) is 6.22. The van der Waals surface area contributed by atoms with Crippen LogP contribution in [-0.4, -0.2) is 60.4 Å². The van der Waals surface area contributed by atoms with Gasteiger partial charge < -0.3 is 24.4 Å². The number of nitrogens with zero attached hydrogens (tertiary/aromatic N) is 2. The molecule has 7 heteroatoms. The number of hydrogen-bond donors (Lipinski definition) is 2. The van der Waals surface area contributed by atoms with Gasteiger partial charge in [0, 0.05) is 26.1 Å². The third-order valence-electron chi connectivity index (χ3n) is 2.95. The fraction of sp³-hybridized carbons (Fsp3) is 0.833. The average molecular weight is 271 g/mol. The van der Waals surface area contributed by atoms with Crippen LogP contribution in [0.3, 0.4) is 0 Å². The number of aromatic nitrogens is 2. The Balaban J connectivity index is 1.44. The molecule has 1 aliphatic rings. The van der Waals surface area contributed by atoms with E-state index in [0.717, 1.165) is 19.4 Å². The highest BCUT2D eigenvalue weighted by Crippen LogP contribution is 2.11. The van der Waals surface area contributed by atoms with Gasteiger partial charge in [-0.2, -0.15) is 4.98 Å². The van der Waals surface area contributed by atoms with Crippen molar-refractivity contribution < 1.29 is 19.1 Å². The van der Waals surface area contributed by atoms with E-state index in [1.807, 2.05) is 0 Å². The second-order valence-electron chi connectivity index (χ2n) is 4.63. The van der Waals surface area contributed by atoms with Crippen molar-refractivity contribution in [2.75, 3.05) is 32.9 Å². The summed E-state index contributed by atoms with van der Waals surface area (Å²) in [6, 6.07) is 0. The molecular formula is C12H21N3O4. The van der Waals surface area contributed by atoms with Crippen LogP contribution in [0.5, 0.6) is 0 Å². The Morgan fingerprint density at radius 2 is 2.53 bits per heavy atom. The van der Waals surface area contributed by atoms with Crippen molar-refractivity contribution in [3.05, 3.63) is 12.2 Å². The van der Waals surface area contributed by atoms with E-state index in [-0.39, 0.29) is 6.10 Å². The molecule has 108 valence electrons. The number of aliphatic hydroxyl groups is 1. The second-order valence-corrected chi connectivity index (χ2v) is 4.63. The lowest BCUT2D eigenvalue weighted by atomic mass is 10.2. The Morgan fingerprint density at radius 3 is 3.26 bits per heavy atom. The molecule has 2 rings (SSSR count). The molecule has 19 heavy (non-hydrogen) atoms. The fourth-order valence-electron chi connectivity index (χ4n) is 1.94. The van der Waals surface area contributed by atoms with E-state index in [1.165, 1.54) is 6.39 Å². The summed E-state index contributed by atoms with van der Waals surface area (Å²) in [5, 5.41) is 16.5. The van der Waals surface area contributed by atoms with E-state index >= 15 is 0 Å². The monoisotopic (exact) mass is 271 g/mol. The third-order valence-corrected chi connectivity index (χ3v) is 2.95. The quantitative estimate of drug-likeness (QED) is 0.599. The first kappa shape index (κ1) is 14.4.